The van der Waals surface area contributed by atoms with Crippen LogP contribution in [0.4, 0.5) is 0 Å². The molecule has 4 nitrogen and oxygen atoms in total. The van der Waals surface area contributed by atoms with Crippen molar-refractivity contribution in [2.24, 2.45) is 5.73 Å². The molecule has 1 rings (SSSR count). The minimum Gasteiger partial charge on any atom is -0.480 e. The summed E-state index contributed by atoms with van der Waals surface area (Å²) in [6.45, 7) is 3.48. The maximum absolute atomic E-state index is 10.7. The molecule has 1 atom stereocenters. The molecule has 0 saturated carbocycles. The predicted molar refractivity (Wildman–Crippen MR) is 47.3 cm³/mol. The van der Waals surface area contributed by atoms with Crippen LogP contribution in [-0.2, 0) is 10.2 Å². The lowest BCUT2D eigenvalue weighted by Gasteiger charge is -2.25. The molecule has 0 aromatic carbocycles. The van der Waals surface area contributed by atoms with Gasteiger partial charge in [-0.15, -0.1) is 0 Å². The first-order valence-electron chi connectivity index (χ1n) is 3.98. The van der Waals surface area contributed by atoms with Crippen molar-refractivity contribution in [3.8, 4) is 0 Å². The summed E-state index contributed by atoms with van der Waals surface area (Å²) >= 11 is 0. The van der Waals surface area contributed by atoms with Crippen molar-refractivity contribution in [3.05, 3.63) is 24.2 Å². The molecule has 0 amide bonds. The molecule has 3 N–H and O–H groups in total. The Morgan fingerprint density at radius 2 is 2.31 bits per heavy atom. The third-order valence-corrected chi connectivity index (χ3v) is 2.20. The smallest absolute Gasteiger partial charge is 0.321 e. The zero-order valence-electron chi connectivity index (χ0n) is 7.65. The van der Waals surface area contributed by atoms with E-state index in [0.29, 0.717) is 5.76 Å². The van der Waals surface area contributed by atoms with Crippen LogP contribution in [0.3, 0.4) is 0 Å². The number of rotatable bonds is 3. The van der Waals surface area contributed by atoms with Gasteiger partial charge in [-0.1, -0.05) is 13.8 Å². The van der Waals surface area contributed by atoms with Gasteiger partial charge in [-0.3, -0.25) is 4.79 Å². The quantitative estimate of drug-likeness (QED) is 0.732. The summed E-state index contributed by atoms with van der Waals surface area (Å²) in [5.74, 6) is -0.441. The van der Waals surface area contributed by atoms with Gasteiger partial charge in [-0.05, 0) is 12.1 Å². The molecule has 0 aliphatic heterocycles. The van der Waals surface area contributed by atoms with Gasteiger partial charge in [0.15, 0.2) is 0 Å². The van der Waals surface area contributed by atoms with Crippen LogP contribution in [0.25, 0.3) is 0 Å². The van der Waals surface area contributed by atoms with Crippen LogP contribution in [0.5, 0.6) is 0 Å². The van der Waals surface area contributed by atoms with E-state index in [1.807, 2.05) is 0 Å². The van der Waals surface area contributed by atoms with Crippen LogP contribution in [-0.4, -0.2) is 17.1 Å². The molecule has 0 saturated heterocycles. The highest BCUT2D eigenvalue weighted by Gasteiger charge is 2.35. The summed E-state index contributed by atoms with van der Waals surface area (Å²) in [6.07, 6.45) is 1.51. The Balaban J connectivity index is 2.95. The second-order valence-corrected chi connectivity index (χ2v) is 3.51. The summed E-state index contributed by atoms with van der Waals surface area (Å²) in [5, 5.41) is 8.75. The van der Waals surface area contributed by atoms with E-state index in [4.69, 9.17) is 15.3 Å². The van der Waals surface area contributed by atoms with Gasteiger partial charge in [0.05, 0.1) is 6.26 Å². The predicted octanol–water partition coefficient (Wildman–Crippen LogP) is 0.969. The highest BCUT2D eigenvalue weighted by atomic mass is 16.4. The van der Waals surface area contributed by atoms with Crippen LogP contribution < -0.4 is 5.73 Å². The second-order valence-electron chi connectivity index (χ2n) is 3.51. The number of furan rings is 1. The van der Waals surface area contributed by atoms with Crippen molar-refractivity contribution >= 4 is 5.97 Å². The van der Waals surface area contributed by atoms with E-state index in [-0.39, 0.29) is 0 Å². The van der Waals surface area contributed by atoms with E-state index in [9.17, 15) is 4.79 Å². The van der Waals surface area contributed by atoms with Crippen molar-refractivity contribution in [2.45, 2.75) is 25.3 Å². The zero-order valence-corrected chi connectivity index (χ0v) is 7.65. The van der Waals surface area contributed by atoms with Gasteiger partial charge in [-0.25, -0.2) is 0 Å². The summed E-state index contributed by atoms with van der Waals surface area (Å²) in [4.78, 5) is 10.7. The molecule has 1 aromatic rings. The Hall–Kier alpha value is -1.29. The molecule has 0 spiro atoms. The molecule has 13 heavy (non-hydrogen) atoms. The fourth-order valence-electron chi connectivity index (χ4n) is 1.11. The lowest BCUT2D eigenvalue weighted by molar-refractivity contribution is -0.140. The van der Waals surface area contributed by atoms with Crippen molar-refractivity contribution in [1.82, 2.24) is 0 Å². The Morgan fingerprint density at radius 1 is 1.69 bits per heavy atom. The van der Waals surface area contributed by atoms with Crippen LogP contribution in [0.1, 0.15) is 19.6 Å². The van der Waals surface area contributed by atoms with E-state index in [0.717, 1.165) is 0 Å². The number of carbonyl (C=O) groups is 1. The summed E-state index contributed by atoms with van der Waals surface area (Å²) in [7, 11) is 0. The molecule has 0 bridgehead atoms. The standard InChI is InChI=1S/C9H13NO3/c1-9(2,7(10)8(11)12)6-4-3-5-13-6/h3-5,7H,10H2,1-2H3,(H,11,12). The summed E-state index contributed by atoms with van der Waals surface area (Å²) in [5.41, 5.74) is 4.84. The maximum Gasteiger partial charge on any atom is 0.321 e. The van der Waals surface area contributed by atoms with Crippen LogP contribution in [0, 0.1) is 0 Å². The average Bonchev–Trinajstić information content (AvgIpc) is 2.54. The SMILES string of the molecule is CC(C)(c1ccco1)C(N)C(=O)O. The molecular weight excluding hydrogens is 170 g/mol. The van der Waals surface area contributed by atoms with Crippen LogP contribution >= 0.6 is 0 Å². The number of nitrogens with two attached hydrogens (primary N) is 1. The Labute approximate surface area is 76.3 Å². The van der Waals surface area contributed by atoms with E-state index in [1.165, 1.54) is 6.26 Å². The number of aliphatic carboxylic acids is 1. The minimum atomic E-state index is -1.03. The summed E-state index contributed by atoms with van der Waals surface area (Å²) in [6, 6.07) is 2.48. The van der Waals surface area contributed by atoms with Gasteiger partial charge >= 0.3 is 5.97 Å². The monoisotopic (exact) mass is 183 g/mol. The molecule has 0 radical (unpaired) electrons. The maximum atomic E-state index is 10.7. The fraction of sp³-hybridized carbons (Fsp3) is 0.444. The number of hydrogen-bond donors (Lipinski definition) is 2. The van der Waals surface area contributed by atoms with Crippen molar-refractivity contribution < 1.29 is 14.3 Å². The highest BCUT2D eigenvalue weighted by Crippen LogP contribution is 2.26. The van der Waals surface area contributed by atoms with E-state index in [1.54, 1.807) is 26.0 Å². The molecule has 0 fully saturated rings. The Bertz CT molecular complexity index is 290. The van der Waals surface area contributed by atoms with Crippen molar-refractivity contribution in [1.29, 1.82) is 0 Å². The van der Waals surface area contributed by atoms with E-state index < -0.39 is 17.4 Å². The number of carboxylic acid groups (broad SMARTS) is 1. The number of carboxylic acids is 1. The summed E-state index contributed by atoms with van der Waals surface area (Å²) < 4.78 is 5.13. The fourth-order valence-corrected chi connectivity index (χ4v) is 1.11. The van der Waals surface area contributed by atoms with Gasteiger partial charge in [0, 0.05) is 5.41 Å². The van der Waals surface area contributed by atoms with Crippen LogP contribution in [0.2, 0.25) is 0 Å². The average molecular weight is 183 g/mol. The molecule has 1 unspecified atom stereocenters. The largest absolute Gasteiger partial charge is 0.480 e. The normalized spacial score (nSPS) is 14.1. The molecular formula is C9H13NO3. The van der Waals surface area contributed by atoms with Crippen molar-refractivity contribution in [2.75, 3.05) is 0 Å². The van der Waals surface area contributed by atoms with E-state index >= 15 is 0 Å². The highest BCUT2D eigenvalue weighted by molar-refractivity contribution is 5.75. The molecule has 72 valence electrons. The minimum absolute atomic E-state index is 0.586. The van der Waals surface area contributed by atoms with E-state index in [2.05, 4.69) is 0 Å². The molecule has 1 heterocycles. The first-order valence-corrected chi connectivity index (χ1v) is 3.98. The third kappa shape index (κ3) is 1.72. The van der Waals surface area contributed by atoms with Gasteiger partial charge in [-0.2, -0.15) is 0 Å². The topological polar surface area (TPSA) is 76.5 Å². The molecule has 4 heteroatoms. The van der Waals surface area contributed by atoms with Gasteiger partial charge in [0.2, 0.25) is 0 Å². The lowest BCUT2D eigenvalue weighted by atomic mass is 9.82. The Morgan fingerprint density at radius 3 is 2.69 bits per heavy atom. The van der Waals surface area contributed by atoms with Crippen molar-refractivity contribution in [3.63, 3.8) is 0 Å². The number of hydrogen-bond acceptors (Lipinski definition) is 3. The first kappa shape index (κ1) is 9.80. The molecule has 1 aromatic heterocycles. The molecule has 0 aliphatic rings. The van der Waals surface area contributed by atoms with Crippen LogP contribution in [0.15, 0.2) is 22.8 Å². The third-order valence-electron chi connectivity index (χ3n) is 2.20. The zero-order chi connectivity index (χ0) is 10.1. The molecule has 0 aliphatic carbocycles. The van der Waals surface area contributed by atoms with Gasteiger partial charge in [0.1, 0.15) is 11.8 Å². The first-order chi connectivity index (χ1) is 5.96. The van der Waals surface area contributed by atoms with Gasteiger partial charge < -0.3 is 15.3 Å². The van der Waals surface area contributed by atoms with Gasteiger partial charge in [0.25, 0.3) is 0 Å². The lowest BCUT2D eigenvalue weighted by Crippen LogP contribution is -2.46. The second kappa shape index (κ2) is 3.22. The Kier molecular flexibility index (Phi) is 2.43.